The normalized spacial score (nSPS) is 14.7. The van der Waals surface area contributed by atoms with Gasteiger partial charge in [0.25, 0.3) is 0 Å². The van der Waals surface area contributed by atoms with Crippen molar-refractivity contribution >= 4 is 11.3 Å². The Morgan fingerprint density at radius 1 is 1.56 bits per heavy atom. The lowest BCUT2D eigenvalue weighted by atomic mass is 10.1. The Balaban J connectivity index is 2.33. The van der Waals surface area contributed by atoms with Crippen molar-refractivity contribution in [3.05, 3.63) is 28.7 Å². The Morgan fingerprint density at radius 2 is 2.31 bits per heavy atom. The molecule has 1 aromatic heterocycles. The largest absolute Gasteiger partial charge is 0.307 e. The van der Waals surface area contributed by atoms with Gasteiger partial charge in [-0.05, 0) is 40.0 Å². The van der Waals surface area contributed by atoms with Gasteiger partial charge in [0, 0.05) is 23.2 Å². The number of aromatic nitrogens is 1. The summed E-state index contributed by atoms with van der Waals surface area (Å²) in [5.41, 5.74) is 0. The quantitative estimate of drug-likeness (QED) is 0.576. The van der Waals surface area contributed by atoms with E-state index < -0.39 is 0 Å². The molecule has 0 bridgehead atoms. The average molecular weight is 238 g/mol. The number of aryl methyl sites for hydroxylation is 1. The molecule has 0 fully saturated rings. The Morgan fingerprint density at radius 3 is 2.88 bits per heavy atom. The van der Waals surface area contributed by atoms with E-state index in [9.17, 15) is 0 Å². The Kier molecular flexibility index (Phi) is 5.71. The van der Waals surface area contributed by atoms with Crippen LogP contribution in [0.1, 0.15) is 49.0 Å². The zero-order valence-corrected chi connectivity index (χ0v) is 11.3. The van der Waals surface area contributed by atoms with Crippen molar-refractivity contribution in [2.75, 3.05) is 0 Å². The number of rotatable bonds is 7. The van der Waals surface area contributed by atoms with Gasteiger partial charge in [-0.15, -0.1) is 17.9 Å². The highest BCUT2D eigenvalue weighted by Gasteiger charge is 2.11. The second-order valence-corrected chi connectivity index (χ2v) is 5.56. The van der Waals surface area contributed by atoms with Gasteiger partial charge in [0.15, 0.2) is 0 Å². The zero-order chi connectivity index (χ0) is 12.0. The third-order valence-electron chi connectivity index (χ3n) is 2.65. The zero-order valence-electron chi connectivity index (χ0n) is 10.5. The first-order chi connectivity index (χ1) is 7.63. The van der Waals surface area contributed by atoms with E-state index >= 15 is 0 Å². The number of hydrogen-bond donors (Lipinski definition) is 1. The molecule has 2 atom stereocenters. The number of allylic oxidation sites excluding steroid dienone is 1. The van der Waals surface area contributed by atoms with Crippen molar-refractivity contribution in [3.63, 3.8) is 0 Å². The lowest BCUT2D eigenvalue weighted by Gasteiger charge is -2.18. The van der Waals surface area contributed by atoms with E-state index in [1.54, 1.807) is 11.3 Å². The first-order valence-electron chi connectivity index (χ1n) is 5.92. The highest BCUT2D eigenvalue weighted by Crippen LogP contribution is 2.20. The Bertz CT molecular complexity index is 319. The van der Waals surface area contributed by atoms with Crippen LogP contribution in [-0.2, 0) is 0 Å². The summed E-state index contributed by atoms with van der Waals surface area (Å²) >= 11 is 1.78. The van der Waals surface area contributed by atoms with Crippen LogP contribution in [0.2, 0.25) is 0 Å². The predicted molar refractivity (Wildman–Crippen MR) is 71.9 cm³/mol. The number of hydrogen-bond acceptors (Lipinski definition) is 3. The molecule has 3 heteroatoms. The molecule has 0 radical (unpaired) electrons. The molecule has 0 aromatic carbocycles. The fraction of sp³-hybridized carbons (Fsp3) is 0.615. The van der Waals surface area contributed by atoms with Gasteiger partial charge in [0.1, 0.15) is 0 Å². The highest BCUT2D eigenvalue weighted by molar-refractivity contribution is 7.11. The average Bonchev–Trinajstić information content (AvgIpc) is 2.65. The predicted octanol–water partition coefficient (Wildman–Crippen LogP) is 3.85. The molecule has 0 saturated carbocycles. The van der Waals surface area contributed by atoms with Gasteiger partial charge in [-0.2, -0.15) is 0 Å². The van der Waals surface area contributed by atoms with Gasteiger partial charge in [-0.25, -0.2) is 4.98 Å². The summed E-state index contributed by atoms with van der Waals surface area (Å²) in [4.78, 5) is 5.61. The number of nitrogens with one attached hydrogen (secondary N) is 1. The van der Waals surface area contributed by atoms with E-state index in [0.717, 1.165) is 11.4 Å². The van der Waals surface area contributed by atoms with Crippen LogP contribution in [0.3, 0.4) is 0 Å². The van der Waals surface area contributed by atoms with Crippen LogP contribution in [0.5, 0.6) is 0 Å². The lowest BCUT2D eigenvalue weighted by molar-refractivity contribution is 0.451. The monoisotopic (exact) mass is 238 g/mol. The molecule has 0 aliphatic carbocycles. The molecule has 0 aliphatic rings. The molecule has 2 unspecified atom stereocenters. The summed E-state index contributed by atoms with van der Waals surface area (Å²) in [5.74, 6) is 0. The maximum absolute atomic E-state index is 4.29. The summed E-state index contributed by atoms with van der Waals surface area (Å²) in [6.45, 7) is 10.2. The topological polar surface area (TPSA) is 24.9 Å². The van der Waals surface area contributed by atoms with E-state index in [1.807, 2.05) is 19.2 Å². The second kappa shape index (κ2) is 6.81. The van der Waals surface area contributed by atoms with Crippen molar-refractivity contribution in [2.24, 2.45) is 0 Å². The van der Waals surface area contributed by atoms with Crippen LogP contribution >= 0.6 is 11.3 Å². The fourth-order valence-corrected chi connectivity index (χ4v) is 2.54. The maximum Gasteiger partial charge on any atom is 0.0897 e. The molecule has 1 aromatic rings. The molecule has 1 rings (SSSR count). The van der Waals surface area contributed by atoms with Gasteiger partial charge in [-0.1, -0.05) is 6.08 Å². The highest BCUT2D eigenvalue weighted by atomic mass is 32.1. The van der Waals surface area contributed by atoms with Crippen LogP contribution in [0.25, 0.3) is 0 Å². The van der Waals surface area contributed by atoms with Crippen LogP contribution in [0, 0.1) is 6.92 Å². The van der Waals surface area contributed by atoms with E-state index in [0.29, 0.717) is 12.1 Å². The minimum absolute atomic E-state index is 0.407. The first kappa shape index (κ1) is 13.4. The SMILES string of the molecule is C=CCCCC(C)NC(C)c1cnc(C)s1. The van der Waals surface area contributed by atoms with E-state index in [1.165, 1.54) is 17.7 Å². The summed E-state index contributed by atoms with van der Waals surface area (Å²) in [6.07, 6.45) is 7.50. The standard InChI is InChI=1S/C13H22N2S/c1-5-6-7-8-10(2)15-11(3)13-9-14-12(4)16-13/h5,9-11,15H,1,6-8H2,2-4H3. The van der Waals surface area contributed by atoms with Crippen molar-refractivity contribution in [1.82, 2.24) is 10.3 Å². The molecule has 1 N–H and O–H groups in total. The molecule has 0 aliphatic heterocycles. The smallest absolute Gasteiger partial charge is 0.0897 e. The molecule has 1 heterocycles. The number of thiazole rings is 1. The maximum atomic E-state index is 4.29. The van der Waals surface area contributed by atoms with Gasteiger partial charge < -0.3 is 5.32 Å². The van der Waals surface area contributed by atoms with Crippen molar-refractivity contribution in [3.8, 4) is 0 Å². The first-order valence-corrected chi connectivity index (χ1v) is 6.74. The molecule has 0 amide bonds. The number of nitrogens with zero attached hydrogens (tertiary/aromatic N) is 1. The van der Waals surface area contributed by atoms with Crippen molar-refractivity contribution in [2.45, 2.75) is 52.1 Å². The Labute approximate surface area is 103 Å². The van der Waals surface area contributed by atoms with E-state index in [4.69, 9.17) is 0 Å². The van der Waals surface area contributed by atoms with E-state index in [-0.39, 0.29) is 0 Å². The van der Waals surface area contributed by atoms with Gasteiger partial charge in [0.2, 0.25) is 0 Å². The minimum Gasteiger partial charge on any atom is -0.307 e. The van der Waals surface area contributed by atoms with Gasteiger partial charge in [-0.3, -0.25) is 0 Å². The van der Waals surface area contributed by atoms with Gasteiger partial charge >= 0.3 is 0 Å². The minimum atomic E-state index is 0.407. The third-order valence-corrected chi connectivity index (χ3v) is 3.74. The van der Waals surface area contributed by atoms with Crippen LogP contribution < -0.4 is 5.32 Å². The molecular formula is C13H22N2S. The summed E-state index contributed by atoms with van der Waals surface area (Å²) in [6, 6.07) is 0.960. The molecule has 2 nitrogen and oxygen atoms in total. The summed E-state index contributed by atoms with van der Waals surface area (Å²) < 4.78 is 0. The van der Waals surface area contributed by atoms with Crippen LogP contribution in [-0.4, -0.2) is 11.0 Å². The third kappa shape index (κ3) is 4.45. The van der Waals surface area contributed by atoms with Crippen molar-refractivity contribution in [1.29, 1.82) is 0 Å². The van der Waals surface area contributed by atoms with E-state index in [2.05, 4.69) is 30.7 Å². The molecule has 90 valence electrons. The van der Waals surface area contributed by atoms with Crippen LogP contribution in [0.4, 0.5) is 0 Å². The second-order valence-electron chi connectivity index (χ2n) is 4.29. The fourth-order valence-electron chi connectivity index (χ4n) is 1.74. The number of unbranched alkanes of at least 4 members (excludes halogenated alkanes) is 1. The summed E-state index contributed by atoms with van der Waals surface area (Å²) in [5, 5.41) is 4.75. The van der Waals surface area contributed by atoms with Crippen molar-refractivity contribution < 1.29 is 0 Å². The molecule has 0 spiro atoms. The van der Waals surface area contributed by atoms with Gasteiger partial charge in [0.05, 0.1) is 5.01 Å². The summed E-state index contributed by atoms with van der Waals surface area (Å²) in [7, 11) is 0. The molecule has 0 saturated heterocycles. The van der Waals surface area contributed by atoms with Crippen LogP contribution in [0.15, 0.2) is 18.9 Å². The molecule has 16 heavy (non-hydrogen) atoms. The lowest BCUT2D eigenvalue weighted by Crippen LogP contribution is -2.28. The molecular weight excluding hydrogens is 216 g/mol. The Hall–Kier alpha value is -0.670.